The van der Waals surface area contributed by atoms with Crippen LogP contribution in [-0.2, 0) is 50.3 Å². The number of hydrogen-bond acceptors (Lipinski definition) is 10. The Morgan fingerprint density at radius 3 is 1.86 bits per heavy atom. The molecule has 1 unspecified atom stereocenters. The predicted molar refractivity (Wildman–Crippen MR) is 223 cm³/mol. The van der Waals surface area contributed by atoms with Crippen molar-refractivity contribution in [3.05, 3.63) is 39.5 Å². The van der Waals surface area contributed by atoms with E-state index >= 15 is 0 Å². The molecule has 345 valence electrons. The Bertz CT molecular complexity index is 2190. The summed E-state index contributed by atoms with van der Waals surface area (Å²) >= 11 is 0. The van der Waals surface area contributed by atoms with Crippen molar-refractivity contribution in [2.45, 2.75) is 143 Å². The van der Waals surface area contributed by atoms with Gasteiger partial charge < -0.3 is 41.1 Å². The number of carbonyl (C=O) groups is 7. The van der Waals surface area contributed by atoms with Gasteiger partial charge in [0.15, 0.2) is 0 Å². The molecule has 0 saturated carbocycles. The number of hydrogen-bond donors (Lipinski definition) is 7. The van der Waals surface area contributed by atoms with Crippen molar-refractivity contribution < 1.29 is 86.1 Å². The zero-order chi connectivity index (χ0) is 46.5. The zero-order valence-electron chi connectivity index (χ0n) is 36.5. The maximum Gasteiger partial charge on any atom is 2.00 e. The van der Waals surface area contributed by atoms with Crippen LogP contribution in [-0.4, -0.2) is 112 Å². The van der Waals surface area contributed by atoms with Gasteiger partial charge in [-0.3, -0.25) is 48.5 Å². The molecular weight excluding hydrogens is 867 g/mol. The summed E-state index contributed by atoms with van der Waals surface area (Å²) in [4.78, 5) is 103. The van der Waals surface area contributed by atoms with Crippen LogP contribution >= 0.6 is 0 Å². The number of aliphatic carboxylic acids is 7. The minimum atomic E-state index is -1.62. The Labute approximate surface area is 375 Å². The first-order chi connectivity index (χ1) is 28.6. The minimum Gasteiger partial charge on any atom is -0.664 e. The first-order valence-corrected chi connectivity index (χ1v) is 20.8. The van der Waals surface area contributed by atoms with Gasteiger partial charge in [-0.25, -0.2) is 0 Å². The van der Waals surface area contributed by atoms with Crippen molar-refractivity contribution in [1.29, 1.82) is 0 Å². The van der Waals surface area contributed by atoms with E-state index in [2.05, 4.69) is 0 Å². The molecule has 18 nitrogen and oxygen atoms in total. The standard InChI is InChI=1S/C44H58N4O14.Co/c1-21-37-23(8-11-30(49)50)22(2)43(6,48-37)18-28-24(9-12-31(51)52)41(4,19-35(59)60)29(45-28)17-27-25(10-13-32(53)54)42(5,20-36(61)62)44(7,47-27)39-26(16-34(57)58)40(3,38(21)46-39)15-14-33(55)56;/h17,21,25-26,39H,8-16,18-20H2,1-7H3,(H8,45,47,49,50,51,52,53,54,55,56,57,58,59,60,61,62);/q;+2/p-1/t21?,25-,26+,39-,40-,41+,42+,43+,44+;/m1./s1. The molecule has 5 heterocycles. The van der Waals surface area contributed by atoms with E-state index in [9.17, 15) is 69.3 Å². The number of carboxylic acid groups (broad SMARTS) is 7. The molecule has 19 heteroatoms. The van der Waals surface area contributed by atoms with Crippen LogP contribution in [0.15, 0.2) is 49.2 Å². The first-order valence-electron chi connectivity index (χ1n) is 20.8. The van der Waals surface area contributed by atoms with Gasteiger partial charge in [-0.2, -0.15) is 5.70 Å². The van der Waals surface area contributed by atoms with E-state index in [-0.39, 0.29) is 73.1 Å². The Morgan fingerprint density at radius 2 is 1.32 bits per heavy atom. The topological polar surface area (TPSA) is 312 Å². The van der Waals surface area contributed by atoms with Crippen LogP contribution in [0.4, 0.5) is 0 Å². The smallest absolute Gasteiger partial charge is 0.664 e. The summed E-state index contributed by atoms with van der Waals surface area (Å²) in [6.45, 7) is 12.1. The van der Waals surface area contributed by atoms with Gasteiger partial charge in [-0.15, -0.1) is 5.70 Å². The van der Waals surface area contributed by atoms with Crippen molar-refractivity contribution >= 4 is 58.9 Å². The number of carboxylic acids is 7. The molecule has 5 aliphatic rings. The molecule has 9 atom stereocenters. The van der Waals surface area contributed by atoms with Crippen LogP contribution < -0.4 is 0 Å². The summed E-state index contributed by atoms with van der Waals surface area (Å²) in [5, 5.41) is 76.2. The largest absolute Gasteiger partial charge is 2.00 e. The average Bonchev–Trinajstić information content (AvgIpc) is 3.72. The molecule has 63 heavy (non-hydrogen) atoms. The fourth-order valence-electron chi connectivity index (χ4n) is 11.2. The van der Waals surface area contributed by atoms with Gasteiger partial charge >= 0.3 is 58.6 Å². The van der Waals surface area contributed by atoms with Gasteiger partial charge in [-0.1, -0.05) is 39.3 Å². The van der Waals surface area contributed by atoms with E-state index in [0.29, 0.717) is 33.8 Å². The zero-order valence-corrected chi connectivity index (χ0v) is 37.5. The predicted octanol–water partition coefficient (Wildman–Crippen LogP) is 6.25. The van der Waals surface area contributed by atoms with Crippen LogP contribution in [0.3, 0.4) is 0 Å². The summed E-state index contributed by atoms with van der Waals surface area (Å²) in [6.07, 6.45) is -1.90. The fraction of sp³-hybridized carbons (Fsp3) is 0.636. The molecular formula is C44H57CoN4O14+. The number of fused-ring (bicyclic) bond motifs is 6. The number of allylic oxidation sites excluding steroid dienone is 3. The normalized spacial score (nSPS) is 33.2. The summed E-state index contributed by atoms with van der Waals surface area (Å²) in [5.74, 6) is -11.0. The van der Waals surface area contributed by atoms with Crippen molar-refractivity contribution in [2.75, 3.05) is 0 Å². The van der Waals surface area contributed by atoms with Crippen molar-refractivity contribution in [2.24, 2.45) is 49.0 Å². The molecule has 0 aliphatic carbocycles. The second-order valence-corrected chi connectivity index (χ2v) is 18.7. The maximum atomic E-state index is 13.0. The van der Waals surface area contributed by atoms with Crippen LogP contribution in [0.1, 0.15) is 126 Å². The van der Waals surface area contributed by atoms with Crippen LogP contribution in [0, 0.1) is 34.0 Å². The van der Waals surface area contributed by atoms with E-state index < -0.39 is 125 Å². The van der Waals surface area contributed by atoms with E-state index in [1.807, 2.05) is 6.92 Å². The van der Waals surface area contributed by atoms with Crippen LogP contribution in [0.5, 0.6) is 0 Å². The number of aliphatic imine (C=N–C) groups is 3. The summed E-state index contributed by atoms with van der Waals surface area (Å²) < 4.78 is 0. The first kappa shape index (κ1) is 50.5. The Morgan fingerprint density at radius 1 is 0.746 bits per heavy atom. The van der Waals surface area contributed by atoms with Gasteiger partial charge in [0.1, 0.15) is 0 Å². The molecule has 0 aromatic carbocycles. The summed E-state index contributed by atoms with van der Waals surface area (Å²) in [6, 6.07) is -1.14. The molecule has 0 spiro atoms. The monoisotopic (exact) mass is 924 g/mol. The van der Waals surface area contributed by atoms with Gasteiger partial charge in [0.2, 0.25) is 0 Å². The second-order valence-electron chi connectivity index (χ2n) is 18.7. The van der Waals surface area contributed by atoms with Crippen molar-refractivity contribution in [1.82, 2.24) is 0 Å². The fourth-order valence-corrected chi connectivity index (χ4v) is 11.2. The number of rotatable bonds is 18. The third-order valence-electron chi connectivity index (χ3n) is 14.8. The average molecular weight is 925 g/mol. The molecule has 5 rings (SSSR count). The summed E-state index contributed by atoms with van der Waals surface area (Å²) in [5.41, 5.74) is -3.78. The Hall–Kier alpha value is -5.17. The van der Waals surface area contributed by atoms with Crippen molar-refractivity contribution in [3.63, 3.8) is 0 Å². The molecule has 0 amide bonds. The quantitative estimate of drug-likeness (QED) is 0.0799. The van der Waals surface area contributed by atoms with Gasteiger partial charge in [0, 0.05) is 76.8 Å². The molecule has 0 aromatic rings. The van der Waals surface area contributed by atoms with Crippen LogP contribution in [0.25, 0.3) is 5.32 Å². The molecule has 5 aliphatic heterocycles. The van der Waals surface area contributed by atoms with E-state index in [0.717, 1.165) is 0 Å². The third-order valence-corrected chi connectivity index (χ3v) is 14.8. The molecule has 1 radical (unpaired) electrons. The van der Waals surface area contributed by atoms with Crippen molar-refractivity contribution in [3.8, 4) is 0 Å². The van der Waals surface area contributed by atoms with Gasteiger partial charge in [0.05, 0.1) is 36.4 Å². The second kappa shape index (κ2) is 18.1. The Balaban J connectivity index is 0.00000871. The molecule has 0 saturated heterocycles. The van der Waals surface area contributed by atoms with Gasteiger partial charge in [0.25, 0.3) is 0 Å². The third kappa shape index (κ3) is 9.26. The van der Waals surface area contributed by atoms with E-state index in [1.165, 1.54) is 0 Å². The summed E-state index contributed by atoms with van der Waals surface area (Å²) in [7, 11) is 0. The maximum absolute atomic E-state index is 13.0. The Kier molecular flexibility index (Phi) is 14.5. The minimum absolute atomic E-state index is 0. The SMILES string of the molecule is CC1=C(CCC(=O)O)C2=N[C@@]1(C)CC1=C(CCC(=O)O)[C@](C)(CC(=O)O)C(=CC3=N[C@@](C)([C@@H]4N=C(C2C)[C@](C)(CCC(=O)O)[C@H]4CC(=O)O)[C@@](C)(CC(=O)O)[C@@H]3CCC(=O)O)[N-]1.[Co+2]. The van der Waals surface area contributed by atoms with E-state index in [4.69, 9.17) is 20.3 Å². The number of nitrogens with zero attached hydrogens (tertiary/aromatic N) is 4. The molecule has 8 bridgehead atoms. The van der Waals surface area contributed by atoms with Crippen LogP contribution in [0.2, 0.25) is 0 Å². The molecule has 0 fully saturated rings. The molecule has 0 aromatic heterocycles. The van der Waals surface area contributed by atoms with Gasteiger partial charge in [-0.05, 0) is 64.0 Å². The molecule has 7 N–H and O–H groups in total. The van der Waals surface area contributed by atoms with E-state index in [1.54, 1.807) is 47.6 Å².